The van der Waals surface area contributed by atoms with Crippen molar-refractivity contribution in [2.75, 3.05) is 34.2 Å². The van der Waals surface area contributed by atoms with Gasteiger partial charge in [-0.05, 0) is 25.0 Å². The van der Waals surface area contributed by atoms with E-state index in [0.717, 1.165) is 19.0 Å². The van der Waals surface area contributed by atoms with Crippen LogP contribution in [0.5, 0.6) is 0 Å². The summed E-state index contributed by atoms with van der Waals surface area (Å²) in [5, 5.41) is 3.28. The van der Waals surface area contributed by atoms with Crippen molar-refractivity contribution in [1.29, 1.82) is 0 Å². The highest BCUT2D eigenvalue weighted by molar-refractivity contribution is 5.80. The first kappa shape index (κ1) is 18.0. The van der Waals surface area contributed by atoms with E-state index in [2.05, 4.69) is 40.3 Å². The quantitative estimate of drug-likeness (QED) is 0.645. The van der Waals surface area contributed by atoms with Crippen LogP contribution in [-0.4, -0.2) is 55.9 Å². The van der Waals surface area contributed by atoms with Gasteiger partial charge in [0.25, 0.3) is 0 Å². The highest BCUT2D eigenvalue weighted by Gasteiger charge is 2.09. The minimum atomic E-state index is 0.0983. The fourth-order valence-corrected chi connectivity index (χ4v) is 2.07. The Morgan fingerprint density at radius 1 is 1.23 bits per heavy atom. The molecule has 5 nitrogen and oxygen atoms in total. The Hall–Kier alpha value is -2.04. The molecular formula is C17H28N4O. The lowest BCUT2D eigenvalue weighted by Crippen LogP contribution is -2.38. The number of rotatable bonds is 6. The van der Waals surface area contributed by atoms with Crippen LogP contribution in [0.1, 0.15) is 24.5 Å². The predicted octanol–water partition coefficient (Wildman–Crippen LogP) is 1.87. The summed E-state index contributed by atoms with van der Waals surface area (Å²) in [4.78, 5) is 19.8. The first-order chi connectivity index (χ1) is 10.5. The fourth-order valence-electron chi connectivity index (χ4n) is 2.07. The molecular weight excluding hydrogens is 276 g/mol. The van der Waals surface area contributed by atoms with Gasteiger partial charge in [0.05, 0.1) is 6.54 Å². The van der Waals surface area contributed by atoms with E-state index in [1.54, 1.807) is 19.0 Å². The van der Waals surface area contributed by atoms with Gasteiger partial charge in [-0.2, -0.15) is 0 Å². The van der Waals surface area contributed by atoms with Gasteiger partial charge in [0.1, 0.15) is 0 Å². The van der Waals surface area contributed by atoms with Crippen molar-refractivity contribution >= 4 is 11.9 Å². The lowest BCUT2D eigenvalue weighted by atomic mass is 10.1. The van der Waals surface area contributed by atoms with Crippen molar-refractivity contribution < 1.29 is 4.79 Å². The Kier molecular flexibility index (Phi) is 7.43. The molecule has 0 aromatic heterocycles. The standard InChI is InChI=1S/C17H28N4O/c1-6-18-17(19-12-11-16(22)20(3)4)21(5)13-15-10-8-7-9-14(15)2/h7-10H,6,11-13H2,1-5H3,(H,18,19). The van der Waals surface area contributed by atoms with Crippen LogP contribution in [0.15, 0.2) is 29.3 Å². The van der Waals surface area contributed by atoms with E-state index >= 15 is 0 Å². The van der Waals surface area contributed by atoms with E-state index in [1.165, 1.54) is 11.1 Å². The molecule has 0 fully saturated rings. The van der Waals surface area contributed by atoms with Crippen LogP contribution in [0.2, 0.25) is 0 Å². The number of hydrogen-bond donors (Lipinski definition) is 1. The van der Waals surface area contributed by atoms with Crippen LogP contribution in [0.4, 0.5) is 0 Å². The van der Waals surface area contributed by atoms with E-state index in [9.17, 15) is 4.79 Å². The number of guanidine groups is 1. The van der Waals surface area contributed by atoms with Crippen LogP contribution in [0, 0.1) is 6.92 Å². The van der Waals surface area contributed by atoms with E-state index in [1.807, 2.05) is 20.0 Å². The van der Waals surface area contributed by atoms with Gasteiger partial charge < -0.3 is 15.1 Å². The molecule has 0 radical (unpaired) electrons. The van der Waals surface area contributed by atoms with Crippen molar-refractivity contribution in [3.8, 4) is 0 Å². The summed E-state index contributed by atoms with van der Waals surface area (Å²) in [7, 11) is 5.55. The number of carbonyl (C=O) groups excluding carboxylic acids is 1. The zero-order valence-electron chi connectivity index (χ0n) is 14.4. The monoisotopic (exact) mass is 304 g/mol. The lowest BCUT2D eigenvalue weighted by Gasteiger charge is -2.23. The number of hydrogen-bond acceptors (Lipinski definition) is 2. The van der Waals surface area contributed by atoms with Gasteiger partial charge in [0.15, 0.2) is 5.96 Å². The third-order valence-electron chi connectivity index (χ3n) is 3.45. The molecule has 1 amide bonds. The zero-order valence-corrected chi connectivity index (χ0v) is 14.4. The van der Waals surface area contributed by atoms with Crippen molar-refractivity contribution in [3.05, 3.63) is 35.4 Å². The number of nitrogens with one attached hydrogen (secondary N) is 1. The van der Waals surface area contributed by atoms with E-state index in [0.29, 0.717) is 13.0 Å². The average molecular weight is 304 g/mol. The van der Waals surface area contributed by atoms with E-state index in [-0.39, 0.29) is 5.91 Å². The summed E-state index contributed by atoms with van der Waals surface area (Å²) in [5.74, 6) is 0.929. The molecule has 5 heteroatoms. The molecule has 0 aliphatic rings. The van der Waals surface area contributed by atoms with Crippen molar-refractivity contribution in [1.82, 2.24) is 15.1 Å². The second-order valence-corrected chi connectivity index (χ2v) is 5.56. The summed E-state index contributed by atoms with van der Waals surface area (Å²) in [6, 6.07) is 8.34. The Bertz CT molecular complexity index is 511. The van der Waals surface area contributed by atoms with Gasteiger partial charge >= 0.3 is 0 Å². The van der Waals surface area contributed by atoms with Crippen molar-refractivity contribution in [3.63, 3.8) is 0 Å². The Balaban J connectivity index is 2.68. The molecule has 0 bridgehead atoms. The summed E-state index contributed by atoms with van der Waals surface area (Å²) < 4.78 is 0. The van der Waals surface area contributed by atoms with Crippen LogP contribution in [0.3, 0.4) is 0 Å². The van der Waals surface area contributed by atoms with E-state index in [4.69, 9.17) is 0 Å². The predicted molar refractivity (Wildman–Crippen MR) is 91.9 cm³/mol. The van der Waals surface area contributed by atoms with Crippen LogP contribution >= 0.6 is 0 Å². The molecule has 0 heterocycles. The molecule has 0 aliphatic carbocycles. The molecule has 0 atom stereocenters. The molecule has 1 aromatic rings. The Labute approximate surface area is 134 Å². The lowest BCUT2D eigenvalue weighted by molar-refractivity contribution is -0.128. The normalized spacial score (nSPS) is 11.2. The number of aliphatic imine (C=N–C) groups is 1. The number of nitrogens with zero attached hydrogens (tertiary/aromatic N) is 3. The first-order valence-electron chi connectivity index (χ1n) is 7.69. The molecule has 22 heavy (non-hydrogen) atoms. The van der Waals surface area contributed by atoms with Gasteiger partial charge in [-0.15, -0.1) is 0 Å². The molecule has 0 aliphatic heterocycles. The maximum Gasteiger partial charge on any atom is 0.223 e. The summed E-state index contributed by atoms with van der Waals surface area (Å²) in [6.07, 6.45) is 0.431. The minimum Gasteiger partial charge on any atom is -0.357 e. The van der Waals surface area contributed by atoms with Gasteiger partial charge in [-0.3, -0.25) is 9.79 Å². The molecule has 1 aromatic carbocycles. The average Bonchev–Trinajstić information content (AvgIpc) is 2.48. The number of amides is 1. The minimum absolute atomic E-state index is 0.0983. The second-order valence-electron chi connectivity index (χ2n) is 5.56. The zero-order chi connectivity index (χ0) is 16.5. The van der Waals surface area contributed by atoms with Gasteiger partial charge in [-0.1, -0.05) is 24.3 Å². The third-order valence-corrected chi connectivity index (χ3v) is 3.45. The van der Waals surface area contributed by atoms with Crippen LogP contribution < -0.4 is 5.32 Å². The number of aryl methyl sites for hydroxylation is 1. The molecule has 122 valence electrons. The molecule has 0 saturated heterocycles. The number of benzene rings is 1. The first-order valence-corrected chi connectivity index (χ1v) is 7.69. The van der Waals surface area contributed by atoms with Gasteiger partial charge in [-0.25, -0.2) is 0 Å². The molecule has 0 saturated carbocycles. The summed E-state index contributed by atoms with van der Waals surface area (Å²) in [6.45, 7) is 6.25. The largest absolute Gasteiger partial charge is 0.357 e. The maximum absolute atomic E-state index is 11.6. The fraction of sp³-hybridized carbons (Fsp3) is 0.529. The topological polar surface area (TPSA) is 47.9 Å². The smallest absolute Gasteiger partial charge is 0.223 e. The maximum atomic E-state index is 11.6. The van der Waals surface area contributed by atoms with Gasteiger partial charge in [0.2, 0.25) is 5.91 Å². The summed E-state index contributed by atoms with van der Waals surface area (Å²) in [5.41, 5.74) is 2.55. The van der Waals surface area contributed by atoms with Crippen molar-refractivity contribution in [2.24, 2.45) is 4.99 Å². The molecule has 1 N–H and O–H groups in total. The van der Waals surface area contributed by atoms with Crippen LogP contribution in [0.25, 0.3) is 0 Å². The molecule has 1 rings (SSSR count). The Morgan fingerprint density at radius 2 is 1.91 bits per heavy atom. The van der Waals surface area contributed by atoms with Crippen LogP contribution in [-0.2, 0) is 11.3 Å². The SMILES string of the molecule is CCNC(=NCCC(=O)N(C)C)N(C)Cc1ccccc1C. The molecule has 0 unspecified atom stereocenters. The Morgan fingerprint density at radius 3 is 2.50 bits per heavy atom. The van der Waals surface area contributed by atoms with E-state index < -0.39 is 0 Å². The van der Waals surface area contributed by atoms with Gasteiger partial charge in [0, 0.05) is 40.7 Å². The van der Waals surface area contributed by atoms with Crippen molar-refractivity contribution in [2.45, 2.75) is 26.8 Å². The highest BCUT2D eigenvalue weighted by atomic mass is 16.2. The molecule has 0 spiro atoms. The summed E-state index contributed by atoms with van der Waals surface area (Å²) >= 11 is 0. The third kappa shape index (κ3) is 5.76. The number of carbonyl (C=O) groups is 1. The second kappa shape index (κ2) is 9.07. The highest BCUT2D eigenvalue weighted by Crippen LogP contribution is 2.09.